The molecular formula is C24H30N4O3. The van der Waals surface area contributed by atoms with E-state index in [0.717, 1.165) is 54.4 Å². The molecule has 4 rings (SSSR count). The van der Waals surface area contributed by atoms with Crippen molar-refractivity contribution in [2.45, 2.75) is 51.7 Å². The number of ether oxygens (including phenoxy) is 2. The number of benzene rings is 2. The van der Waals surface area contributed by atoms with E-state index in [1.165, 1.54) is 5.56 Å². The minimum absolute atomic E-state index is 0.280. The number of aromatic nitrogens is 2. The smallest absolute Gasteiger partial charge is 0.237 e. The third kappa shape index (κ3) is 4.73. The van der Waals surface area contributed by atoms with Gasteiger partial charge in [-0.3, -0.25) is 10.1 Å². The van der Waals surface area contributed by atoms with Crippen LogP contribution in [0.3, 0.4) is 0 Å². The second kappa shape index (κ2) is 8.69. The van der Waals surface area contributed by atoms with Gasteiger partial charge in [-0.15, -0.1) is 0 Å². The van der Waals surface area contributed by atoms with E-state index in [2.05, 4.69) is 16.8 Å². The van der Waals surface area contributed by atoms with Gasteiger partial charge in [0.1, 0.15) is 17.3 Å². The number of hydrogen-bond acceptors (Lipinski definition) is 5. The Kier molecular flexibility index (Phi) is 5.98. The summed E-state index contributed by atoms with van der Waals surface area (Å²) in [7, 11) is 0. The topological polar surface area (TPSA) is 91.4 Å². The molecule has 31 heavy (non-hydrogen) atoms. The Bertz CT molecular complexity index is 1070. The van der Waals surface area contributed by atoms with E-state index in [1.807, 2.05) is 42.5 Å². The molecule has 1 amide bonds. The van der Waals surface area contributed by atoms with Gasteiger partial charge in [0.15, 0.2) is 0 Å². The molecule has 0 aliphatic carbocycles. The molecule has 0 unspecified atom stereocenters. The summed E-state index contributed by atoms with van der Waals surface area (Å²) in [6.45, 7) is 7.51. The summed E-state index contributed by atoms with van der Waals surface area (Å²) in [6, 6.07) is 14.2. The van der Waals surface area contributed by atoms with Gasteiger partial charge in [-0.2, -0.15) is 0 Å². The summed E-state index contributed by atoms with van der Waals surface area (Å²) in [5.41, 5.74) is 7.82. The zero-order chi connectivity index (χ0) is 22.0. The second-order valence-corrected chi connectivity index (χ2v) is 8.65. The van der Waals surface area contributed by atoms with Gasteiger partial charge in [-0.05, 0) is 57.9 Å². The molecule has 2 aromatic carbocycles. The second-order valence-electron chi connectivity index (χ2n) is 8.65. The van der Waals surface area contributed by atoms with Crippen molar-refractivity contribution in [1.82, 2.24) is 14.9 Å². The van der Waals surface area contributed by atoms with Crippen LogP contribution in [0.2, 0.25) is 0 Å². The number of imidazole rings is 1. The molecule has 2 heterocycles. The molecule has 1 fully saturated rings. The highest BCUT2D eigenvalue weighted by Crippen LogP contribution is 2.32. The molecule has 3 N–H and O–H groups in total. The molecule has 0 radical (unpaired) electrons. The van der Waals surface area contributed by atoms with Crippen LogP contribution in [0.25, 0.3) is 11.0 Å². The van der Waals surface area contributed by atoms with E-state index in [-0.39, 0.29) is 6.04 Å². The van der Waals surface area contributed by atoms with E-state index < -0.39 is 11.4 Å². The normalized spacial score (nSPS) is 15.3. The number of aryl methyl sites for hydroxylation is 1. The van der Waals surface area contributed by atoms with E-state index in [0.29, 0.717) is 6.54 Å². The number of nitrogens with zero attached hydrogens (tertiary/aromatic N) is 2. The minimum Gasteiger partial charge on any atom is -0.457 e. The summed E-state index contributed by atoms with van der Waals surface area (Å²) < 4.78 is 13.9. The Morgan fingerprint density at radius 3 is 2.55 bits per heavy atom. The minimum atomic E-state index is -0.821. The van der Waals surface area contributed by atoms with Crippen molar-refractivity contribution in [3.63, 3.8) is 0 Å². The van der Waals surface area contributed by atoms with Crippen LogP contribution in [0.15, 0.2) is 42.5 Å². The SMILES string of the molecule is Cc1ccc(Oc2ccc3nc(CNC(C)(C)C(N)=O)n(C4CCOCC4)c3c2)cc1. The fraction of sp³-hybridized carbons (Fsp3) is 0.417. The summed E-state index contributed by atoms with van der Waals surface area (Å²) >= 11 is 0. The largest absolute Gasteiger partial charge is 0.457 e. The predicted molar refractivity (Wildman–Crippen MR) is 120 cm³/mol. The lowest BCUT2D eigenvalue weighted by Gasteiger charge is -2.27. The molecule has 1 aromatic heterocycles. The van der Waals surface area contributed by atoms with Crippen LogP contribution >= 0.6 is 0 Å². The van der Waals surface area contributed by atoms with Crippen LogP contribution in [0.1, 0.15) is 44.1 Å². The molecule has 0 bridgehead atoms. The maximum atomic E-state index is 11.7. The quantitative estimate of drug-likeness (QED) is 0.604. The third-order valence-electron chi connectivity index (χ3n) is 5.85. The lowest BCUT2D eigenvalue weighted by Crippen LogP contribution is -2.50. The Morgan fingerprint density at radius 2 is 1.87 bits per heavy atom. The van der Waals surface area contributed by atoms with Crippen LogP contribution < -0.4 is 15.8 Å². The highest BCUT2D eigenvalue weighted by molar-refractivity contribution is 5.83. The molecule has 1 aliphatic rings. The first-order chi connectivity index (χ1) is 14.8. The number of fused-ring (bicyclic) bond motifs is 1. The van der Waals surface area contributed by atoms with Crippen molar-refractivity contribution in [3.8, 4) is 11.5 Å². The van der Waals surface area contributed by atoms with Gasteiger partial charge in [0.05, 0.1) is 23.1 Å². The van der Waals surface area contributed by atoms with Crippen LogP contribution in [0.4, 0.5) is 0 Å². The van der Waals surface area contributed by atoms with Gasteiger partial charge in [-0.25, -0.2) is 4.98 Å². The number of primary amides is 1. The maximum absolute atomic E-state index is 11.7. The summed E-state index contributed by atoms with van der Waals surface area (Å²) in [6.07, 6.45) is 1.83. The number of carbonyl (C=O) groups excluding carboxylic acids is 1. The number of nitrogens with two attached hydrogens (primary N) is 1. The van der Waals surface area contributed by atoms with Crippen molar-refractivity contribution in [3.05, 3.63) is 53.9 Å². The Morgan fingerprint density at radius 1 is 1.19 bits per heavy atom. The van der Waals surface area contributed by atoms with E-state index in [1.54, 1.807) is 13.8 Å². The van der Waals surface area contributed by atoms with Crippen LogP contribution in [-0.2, 0) is 16.1 Å². The zero-order valence-electron chi connectivity index (χ0n) is 18.4. The Balaban J connectivity index is 1.69. The van der Waals surface area contributed by atoms with E-state index >= 15 is 0 Å². The fourth-order valence-corrected chi connectivity index (χ4v) is 3.79. The third-order valence-corrected chi connectivity index (χ3v) is 5.85. The molecule has 0 atom stereocenters. The first-order valence-corrected chi connectivity index (χ1v) is 10.7. The van der Waals surface area contributed by atoms with Crippen LogP contribution in [-0.4, -0.2) is 34.2 Å². The molecule has 1 saturated heterocycles. The standard InChI is InChI=1S/C24H30N4O3/c1-16-4-6-18(7-5-16)31-19-8-9-20-21(14-19)28(17-10-12-30-13-11-17)22(27-20)15-26-24(2,3)23(25)29/h4-9,14,17,26H,10-13,15H2,1-3H3,(H2,25,29). The van der Waals surface area contributed by atoms with E-state index in [4.69, 9.17) is 20.2 Å². The molecule has 164 valence electrons. The lowest BCUT2D eigenvalue weighted by atomic mass is 10.1. The van der Waals surface area contributed by atoms with Crippen LogP contribution in [0.5, 0.6) is 11.5 Å². The van der Waals surface area contributed by atoms with Gasteiger partial charge >= 0.3 is 0 Å². The van der Waals surface area contributed by atoms with Gasteiger partial charge in [0.25, 0.3) is 0 Å². The van der Waals surface area contributed by atoms with E-state index in [9.17, 15) is 4.79 Å². The highest BCUT2D eigenvalue weighted by Gasteiger charge is 2.27. The summed E-state index contributed by atoms with van der Waals surface area (Å²) in [5, 5.41) is 3.25. The van der Waals surface area contributed by atoms with Gasteiger partial charge < -0.3 is 19.8 Å². The van der Waals surface area contributed by atoms with Gasteiger partial charge in [0.2, 0.25) is 5.91 Å². The predicted octanol–water partition coefficient (Wildman–Crippen LogP) is 3.84. The highest BCUT2D eigenvalue weighted by atomic mass is 16.5. The molecule has 1 aliphatic heterocycles. The Labute approximate surface area is 182 Å². The van der Waals surface area contributed by atoms with Crippen molar-refractivity contribution >= 4 is 16.9 Å². The van der Waals surface area contributed by atoms with Crippen molar-refractivity contribution < 1.29 is 14.3 Å². The summed E-state index contributed by atoms with van der Waals surface area (Å²) in [5.74, 6) is 2.05. The zero-order valence-corrected chi connectivity index (χ0v) is 18.4. The molecule has 0 saturated carbocycles. The van der Waals surface area contributed by atoms with Crippen molar-refractivity contribution in [1.29, 1.82) is 0 Å². The Hall–Kier alpha value is -2.90. The monoisotopic (exact) mass is 422 g/mol. The molecule has 7 heteroatoms. The number of amides is 1. The number of nitrogens with one attached hydrogen (secondary N) is 1. The summed E-state index contributed by atoms with van der Waals surface area (Å²) in [4.78, 5) is 16.6. The molecular weight excluding hydrogens is 392 g/mol. The average Bonchev–Trinajstić information content (AvgIpc) is 3.12. The molecule has 3 aromatic rings. The van der Waals surface area contributed by atoms with Gasteiger partial charge in [-0.1, -0.05) is 17.7 Å². The average molecular weight is 423 g/mol. The first-order valence-electron chi connectivity index (χ1n) is 10.7. The number of rotatable bonds is 7. The molecule has 0 spiro atoms. The lowest BCUT2D eigenvalue weighted by molar-refractivity contribution is -0.123. The number of carbonyl (C=O) groups is 1. The number of hydrogen-bond donors (Lipinski definition) is 2. The maximum Gasteiger partial charge on any atom is 0.237 e. The van der Waals surface area contributed by atoms with Crippen molar-refractivity contribution in [2.75, 3.05) is 13.2 Å². The first kappa shape index (κ1) is 21.3. The van der Waals surface area contributed by atoms with Gasteiger partial charge in [0, 0.05) is 25.3 Å². The van der Waals surface area contributed by atoms with Crippen LogP contribution in [0, 0.1) is 6.92 Å². The fourth-order valence-electron chi connectivity index (χ4n) is 3.79. The van der Waals surface area contributed by atoms with Crippen molar-refractivity contribution in [2.24, 2.45) is 5.73 Å². The molecule has 7 nitrogen and oxygen atoms in total.